The van der Waals surface area contributed by atoms with Gasteiger partial charge < -0.3 is 15.4 Å². The van der Waals surface area contributed by atoms with Gasteiger partial charge in [0.25, 0.3) is 0 Å². The van der Waals surface area contributed by atoms with Crippen LogP contribution in [0.3, 0.4) is 0 Å². The second-order valence-corrected chi connectivity index (χ2v) is 7.54. The lowest BCUT2D eigenvalue weighted by Gasteiger charge is -2.14. The van der Waals surface area contributed by atoms with Crippen LogP contribution < -0.4 is 26.2 Å². The van der Waals surface area contributed by atoms with Crippen LogP contribution in [0.25, 0.3) is 0 Å². The van der Waals surface area contributed by atoms with Gasteiger partial charge in [0, 0.05) is 11.4 Å². The molecule has 4 N–H and O–H groups in total. The fourth-order valence-corrected chi connectivity index (χ4v) is 3.09. The molecule has 0 aliphatic carbocycles. The van der Waals surface area contributed by atoms with Crippen LogP contribution in [-0.2, 0) is 9.59 Å². The molecule has 0 atom stereocenters. The van der Waals surface area contributed by atoms with E-state index in [4.69, 9.17) is 17.0 Å². The number of thioether (sulfide) groups is 1. The second kappa shape index (κ2) is 11.3. The fraction of sp³-hybridized carbons (Fsp3) is 0.250. The first kappa shape index (κ1) is 22.5. The molecule has 154 valence electrons. The Morgan fingerprint density at radius 2 is 1.66 bits per heavy atom. The third-order valence-corrected chi connectivity index (χ3v) is 5.15. The van der Waals surface area contributed by atoms with Gasteiger partial charge in [-0.2, -0.15) is 0 Å². The molecular weight excluding hydrogens is 408 g/mol. The molecular formula is C20H24N4O3S2. The highest BCUT2D eigenvalue weighted by molar-refractivity contribution is 8.00. The lowest BCUT2D eigenvalue weighted by Crippen LogP contribution is -2.44. The van der Waals surface area contributed by atoms with E-state index < -0.39 is 0 Å². The summed E-state index contributed by atoms with van der Waals surface area (Å²) in [6.45, 7) is 4.01. The predicted octanol–water partition coefficient (Wildman–Crippen LogP) is 3.00. The highest BCUT2D eigenvalue weighted by atomic mass is 32.2. The maximum absolute atomic E-state index is 11.9. The number of hydrazine groups is 1. The van der Waals surface area contributed by atoms with E-state index in [9.17, 15) is 9.59 Å². The van der Waals surface area contributed by atoms with Crippen LogP contribution in [0.2, 0.25) is 0 Å². The summed E-state index contributed by atoms with van der Waals surface area (Å²) in [6, 6.07) is 12.9. The highest BCUT2D eigenvalue weighted by Crippen LogP contribution is 2.17. The molecule has 2 amide bonds. The summed E-state index contributed by atoms with van der Waals surface area (Å²) in [5.74, 6) is 0.525. The van der Waals surface area contributed by atoms with Crippen LogP contribution in [0.5, 0.6) is 5.75 Å². The number of hydrogen-bond donors (Lipinski definition) is 4. The van der Waals surface area contributed by atoms with Crippen molar-refractivity contribution in [2.45, 2.75) is 13.8 Å². The lowest BCUT2D eigenvalue weighted by atomic mass is 10.1. The van der Waals surface area contributed by atoms with Gasteiger partial charge in [-0.1, -0.05) is 12.1 Å². The number of thiocarbonyl (C=S) groups is 1. The number of aryl methyl sites for hydroxylation is 1. The van der Waals surface area contributed by atoms with Crippen molar-refractivity contribution < 1.29 is 14.3 Å². The molecule has 0 aliphatic heterocycles. The Balaban J connectivity index is 1.65. The minimum atomic E-state index is -0.280. The van der Waals surface area contributed by atoms with Crippen molar-refractivity contribution >= 4 is 52.3 Å². The average molecular weight is 433 g/mol. The summed E-state index contributed by atoms with van der Waals surface area (Å²) < 4.78 is 5.07. The van der Waals surface area contributed by atoms with Gasteiger partial charge in [-0.15, -0.1) is 11.8 Å². The molecule has 0 fully saturated rings. The van der Waals surface area contributed by atoms with Gasteiger partial charge in [0.15, 0.2) is 5.11 Å². The lowest BCUT2D eigenvalue weighted by molar-refractivity contribution is -0.119. The number of benzene rings is 2. The van der Waals surface area contributed by atoms with E-state index in [0.29, 0.717) is 11.4 Å². The van der Waals surface area contributed by atoms with Gasteiger partial charge >= 0.3 is 0 Å². The molecule has 0 aromatic heterocycles. The van der Waals surface area contributed by atoms with Gasteiger partial charge in [-0.3, -0.25) is 20.4 Å². The van der Waals surface area contributed by atoms with Gasteiger partial charge in [0.1, 0.15) is 5.75 Å². The number of rotatable bonds is 7. The third kappa shape index (κ3) is 7.63. The Hall–Kier alpha value is -2.78. The summed E-state index contributed by atoms with van der Waals surface area (Å²) in [4.78, 5) is 23.8. The van der Waals surface area contributed by atoms with E-state index in [1.165, 1.54) is 11.8 Å². The molecule has 9 heteroatoms. The van der Waals surface area contributed by atoms with E-state index in [1.54, 1.807) is 31.4 Å². The minimum absolute atomic E-state index is 0.120. The van der Waals surface area contributed by atoms with Gasteiger partial charge in [0.2, 0.25) is 11.8 Å². The van der Waals surface area contributed by atoms with E-state index in [2.05, 4.69) is 21.5 Å². The molecule has 0 heterocycles. The van der Waals surface area contributed by atoms with E-state index in [1.807, 2.05) is 32.0 Å². The van der Waals surface area contributed by atoms with Crippen molar-refractivity contribution in [1.29, 1.82) is 0 Å². The zero-order valence-corrected chi connectivity index (χ0v) is 18.1. The predicted molar refractivity (Wildman–Crippen MR) is 122 cm³/mol. The summed E-state index contributed by atoms with van der Waals surface area (Å²) in [5, 5.41) is 6.09. The van der Waals surface area contributed by atoms with Crippen molar-refractivity contribution in [3.63, 3.8) is 0 Å². The van der Waals surface area contributed by atoms with Crippen LogP contribution in [0.1, 0.15) is 11.1 Å². The average Bonchev–Trinajstić information content (AvgIpc) is 2.70. The molecule has 0 aliphatic rings. The third-order valence-electron chi connectivity index (χ3n) is 4.01. The number of carbonyl (C=O) groups is 2. The monoisotopic (exact) mass is 432 g/mol. The molecule has 29 heavy (non-hydrogen) atoms. The molecule has 2 aromatic rings. The van der Waals surface area contributed by atoms with Crippen molar-refractivity contribution in [1.82, 2.24) is 10.9 Å². The Kier molecular flexibility index (Phi) is 8.75. The maximum atomic E-state index is 11.9. The molecule has 0 saturated carbocycles. The van der Waals surface area contributed by atoms with Crippen LogP contribution >= 0.6 is 24.0 Å². The molecule has 2 aromatic carbocycles. The number of hydrogen-bond acceptors (Lipinski definition) is 5. The number of ether oxygens (including phenoxy) is 1. The van der Waals surface area contributed by atoms with Crippen LogP contribution in [0, 0.1) is 13.8 Å². The zero-order valence-electron chi connectivity index (χ0n) is 16.5. The minimum Gasteiger partial charge on any atom is -0.497 e. The first-order chi connectivity index (χ1) is 13.9. The largest absolute Gasteiger partial charge is 0.497 e. The first-order valence-corrected chi connectivity index (χ1v) is 10.4. The van der Waals surface area contributed by atoms with Crippen LogP contribution in [-0.4, -0.2) is 35.5 Å². The summed E-state index contributed by atoms with van der Waals surface area (Å²) in [5.41, 5.74) is 8.95. The highest BCUT2D eigenvalue weighted by Gasteiger charge is 2.08. The van der Waals surface area contributed by atoms with E-state index in [0.717, 1.165) is 16.8 Å². The number of anilines is 2. The Bertz CT molecular complexity index is 873. The molecule has 0 bridgehead atoms. The van der Waals surface area contributed by atoms with Crippen molar-refractivity contribution in [2.75, 3.05) is 29.2 Å². The topological polar surface area (TPSA) is 91.5 Å². The van der Waals surface area contributed by atoms with Gasteiger partial charge in [-0.05, 0) is 67.5 Å². The Morgan fingerprint density at radius 1 is 0.966 bits per heavy atom. The second-order valence-electron chi connectivity index (χ2n) is 6.14. The Labute approximate surface area is 179 Å². The molecule has 7 nitrogen and oxygen atoms in total. The molecule has 0 unspecified atom stereocenters. The van der Waals surface area contributed by atoms with E-state index >= 15 is 0 Å². The van der Waals surface area contributed by atoms with Crippen molar-refractivity contribution in [3.8, 4) is 5.75 Å². The zero-order chi connectivity index (χ0) is 21.2. The molecule has 0 spiro atoms. The number of nitrogens with one attached hydrogen (secondary N) is 4. The first-order valence-electron chi connectivity index (χ1n) is 8.82. The normalized spacial score (nSPS) is 10.0. The molecule has 2 rings (SSSR count). The van der Waals surface area contributed by atoms with Crippen LogP contribution in [0.4, 0.5) is 11.4 Å². The number of amides is 2. The summed E-state index contributed by atoms with van der Waals surface area (Å²) in [7, 11) is 1.58. The molecule has 0 radical (unpaired) electrons. The maximum Gasteiger partial charge on any atom is 0.248 e. The Morgan fingerprint density at radius 3 is 2.34 bits per heavy atom. The van der Waals surface area contributed by atoms with E-state index in [-0.39, 0.29) is 28.4 Å². The summed E-state index contributed by atoms with van der Waals surface area (Å²) in [6.07, 6.45) is 0. The van der Waals surface area contributed by atoms with Crippen LogP contribution in [0.15, 0.2) is 42.5 Å². The van der Waals surface area contributed by atoms with Gasteiger partial charge in [0.05, 0.1) is 18.6 Å². The van der Waals surface area contributed by atoms with Gasteiger partial charge in [-0.25, -0.2) is 0 Å². The number of methoxy groups -OCH3 is 1. The SMILES string of the molecule is COc1ccc(NC(=O)CSCC(=O)NNC(=S)Nc2cccc(C)c2C)cc1. The smallest absolute Gasteiger partial charge is 0.248 e. The standard InChI is InChI=1S/C20H24N4O3S2/c1-13-5-4-6-17(14(13)2)22-20(28)24-23-19(26)12-29-11-18(25)21-15-7-9-16(27-3)10-8-15/h4-10H,11-12H2,1-3H3,(H,21,25)(H,23,26)(H2,22,24,28). The quantitative estimate of drug-likeness (QED) is 0.395. The fourth-order valence-electron chi connectivity index (χ4n) is 2.31. The summed E-state index contributed by atoms with van der Waals surface area (Å²) >= 11 is 6.39. The number of carbonyl (C=O) groups excluding carboxylic acids is 2. The van der Waals surface area contributed by atoms with Crippen molar-refractivity contribution in [3.05, 3.63) is 53.6 Å². The molecule has 0 saturated heterocycles. The van der Waals surface area contributed by atoms with Crippen molar-refractivity contribution in [2.24, 2.45) is 0 Å².